The number of rotatable bonds is 2. The molecule has 0 radical (unpaired) electrons. The highest BCUT2D eigenvalue weighted by Crippen LogP contribution is 2.15. The third-order valence-corrected chi connectivity index (χ3v) is 1.86. The molecule has 0 aliphatic rings. The number of aromatic amines is 1. The molecule has 1 heterocycles. The lowest BCUT2D eigenvalue weighted by Gasteiger charge is -1.94. The molecule has 2 aromatic rings. The van der Waals surface area contributed by atoms with Gasteiger partial charge in [0.2, 0.25) is 5.82 Å². The van der Waals surface area contributed by atoms with Crippen LogP contribution in [-0.4, -0.2) is 21.0 Å². The van der Waals surface area contributed by atoms with Gasteiger partial charge in [-0.15, -0.1) is 0 Å². The third kappa shape index (κ3) is 1.50. The smallest absolute Gasteiger partial charge is 0.371 e. The van der Waals surface area contributed by atoms with Crippen LogP contribution >= 0.6 is 0 Å². The summed E-state index contributed by atoms with van der Waals surface area (Å²) in [7, 11) is 0. The van der Waals surface area contributed by atoms with E-state index in [1.54, 1.807) is 0 Å². The lowest BCUT2D eigenvalue weighted by Crippen LogP contribution is -1.98. The molecule has 0 unspecified atom stereocenters. The minimum Gasteiger partial charge on any atom is -0.475 e. The highest BCUT2D eigenvalue weighted by molar-refractivity contribution is 5.84. The van der Waals surface area contributed by atoms with Crippen molar-refractivity contribution in [3.05, 3.63) is 42.4 Å². The Bertz CT molecular complexity index is 448. The first kappa shape index (κ1) is 8.50. The molecule has 0 saturated heterocycles. The first-order valence-electron chi connectivity index (χ1n) is 4.11. The third-order valence-electron chi connectivity index (χ3n) is 1.86. The monoisotopic (exact) mass is 188 g/mol. The number of carboxylic acid groups (broad SMARTS) is 1. The number of benzene rings is 1. The average molecular weight is 188 g/mol. The number of hydrogen-bond donors (Lipinski definition) is 2. The van der Waals surface area contributed by atoms with E-state index in [1.165, 1.54) is 6.20 Å². The van der Waals surface area contributed by atoms with Gasteiger partial charge in [0, 0.05) is 0 Å². The van der Waals surface area contributed by atoms with Gasteiger partial charge < -0.3 is 10.1 Å². The molecule has 4 heteroatoms. The van der Waals surface area contributed by atoms with Crippen LogP contribution in [0.2, 0.25) is 0 Å². The first-order valence-corrected chi connectivity index (χ1v) is 4.11. The Morgan fingerprint density at radius 1 is 1.29 bits per heavy atom. The Kier molecular flexibility index (Phi) is 2.02. The van der Waals surface area contributed by atoms with Crippen LogP contribution in [0.1, 0.15) is 10.6 Å². The summed E-state index contributed by atoms with van der Waals surface area (Å²) in [5.74, 6) is -1.09. The minimum atomic E-state index is -1.05. The van der Waals surface area contributed by atoms with E-state index in [0.29, 0.717) is 5.69 Å². The zero-order chi connectivity index (χ0) is 9.97. The Labute approximate surface area is 80.2 Å². The molecular formula is C10H8N2O2. The Hall–Kier alpha value is -2.10. The van der Waals surface area contributed by atoms with Gasteiger partial charge in [0.1, 0.15) is 0 Å². The number of H-pyrrole nitrogens is 1. The molecule has 0 bridgehead atoms. The number of imidazole rings is 1. The van der Waals surface area contributed by atoms with Crippen LogP contribution in [0.4, 0.5) is 0 Å². The second-order valence-corrected chi connectivity index (χ2v) is 2.82. The highest BCUT2D eigenvalue weighted by atomic mass is 16.4. The zero-order valence-corrected chi connectivity index (χ0v) is 7.27. The number of nitrogens with zero attached hydrogens (tertiary/aromatic N) is 1. The van der Waals surface area contributed by atoms with Crippen molar-refractivity contribution in [2.45, 2.75) is 0 Å². The van der Waals surface area contributed by atoms with Crippen molar-refractivity contribution in [2.75, 3.05) is 0 Å². The number of aromatic nitrogens is 2. The molecule has 0 aliphatic heterocycles. The van der Waals surface area contributed by atoms with Gasteiger partial charge in [-0.2, -0.15) is 0 Å². The van der Waals surface area contributed by atoms with Crippen LogP contribution in [0, 0.1) is 0 Å². The summed E-state index contributed by atoms with van der Waals surface area (Å²) >= 11 is 0. The van der Waals surface area contributed by atoms with Gasteiger partial charge in [-0.05, 0) is 5.56 Å². The van der Waals surface area contributed by atoms with E-state index in [4.69, 9.17) is 5.11 Å². The van der Waals surface area contributed by atoms with Gasteiger partial charge in [-0.3, -0.25) is 0 Å². The quantitative estimate of drug-likeness (QED) is 0.754. The molecule has 1 aromatic carbocycles. The minimum absolute atomic E-state index is 0.0381. The number of hydrogen-bond acceptors (Lipinski definition) is 2. The topological polar surface area (TPSA) is 66.0 Å². The van der Waals surface area contributed by atoms with Gasteiger partial charge in [0.25, 0.3) is 0 Å². The summed E-state index contributed by atoms with van der Waals surface area (Å²) in [6.07, 6.45) is 1.51. The molecule has 0 amide bonds. The van der Waals surface area contributed by atoms with Gasteiger partial charge in [0.05, 0.1) is 11.9 Å². The molecular weight excluding hydrogens is 180 g/mol. The molecule has 2 rings (SSSR count). The number of nitrogens with one attached hydrogen (secondary N) is 1. The predicted molar refractivity (Wildman–Crippen MR) is 51.0 cm³/mol. The summed E-state index contributed by atoms with van der Waals surface area (Å²) in [6.45, 7) is 0. The van der Waals surface area contributed by atoms with E-state index >= 15 is 0 Å². The van der Waals surface area contributed by atoms with Crippen molar-refractivity contribution in [3.8, 4) is 11.3 Å². The van der Waals surface area contributed by atoms with Gasteiger partial charge in [-0.25, -0.2) is 9.78 Å². The lowest BCUT2D eigenvalue weighted by molar-refractivity contribution is 0.0685. The molecule has 0 saturated carbocycles. The second-order valence-electron chi connectivity index (χ2n) is 2.82. The summed E-state index contributed by atoms with van der Waals surface area (Å²) < 4.78 is 0. The van der Waals surface area contributed by atoms with E-state index < -0.39 is 5.97 Å². The maximum atomic E-state index is 10.6. The fraction of sp³-hybridized carbons (Fsp3) is 0. The van der Waals surface area contributed by atoms with Gasteiger partial charge >= 0.3 is 5.97 Å². The van der Waals surface area contributed by atoms with Gasteiger partial charge in [0.15, 0.2) is 0 Å². The lowest BCUT2D eigenvalue weighted by atomic mass is 10.2. The molecule has 2 N–H and O–H groups in total. The van der Waals surface area contributed by atoms with Crippen molar-refractivity contribution < 1.29 is 9.90 Å². The van der Waals surface area contributed by atoms with Crippen LogP contribution in [0.25, 0.3) is 11.3 Å². The molecule has 0 fully saturated rings. The first-order chi connectivity index (χ1) is 6.77. The van der Waals surface area contributed by atoms with Crippen LogP contribution in [0.5, 0.6) is 0 Å². The maximum Gasteiger partial charge on any atom is 0.371 e. The van der Waals surface area contributed by atoms with Crippen molar-refractivity contribution in [2.24, 2.45) is 0 Å². The van der Waals surface area contributed by atoms with Crippen molar-refractivity contribution in [3.63, 3.8) is 0 Å². The SMILES string of the molecule is O=C(O)c1ncc(-c2ccccc2)[nH]1. The highest BCUT2D eigenvalue weighted by Gasteiger charge is 2.07. The Morgan fingerprint density at radius 2 is 2.00 bits per heavy atom. The molecule has 0 aliphatic carbocycles. The number of aromatic carboxylic acids is 1. The van der Waals surface area contributed by atoms with E-state index in [1.807, 2.05) is 30.3 Å². The van der Waals surface area contributed by atoms with Crippen LogP contribution in [0.3, 0.4) is 0 Å². The fourth-order valence-electron chi connectivity index (χ4n) is 1.19. The molecule has 4 nitrogen and oxygen atoms in total. The maximum absolute atomic E-state index is 10.6. The molecule has 70 valence electrons. The zero-order valence-electron chi connectivity index (χ0n) is 7.27. The summed E-state index contributed by atoms with van der Waals surface area (Å²) in [4.78, 5) is 17.0. The Balaban J connectivity index is 2.39. The number of carbonyl (C=O) groups is 1. The van der Waals surface area contributed by atoms with Crippen molar-refractivity contribution in [1.29, 1.82) is 0 Å². The molecule has 0 atom stereocenters. The molecule has 1 aromatic heterocycles. The molecule has 14 heavy (non-hydrogen) atoms. The van der Waals surface area contributed by atoms with Crippen molar-refractivity contribution >= 4 is 5.97 Å². The second kappa shape index (κ2) is 3.33. The van der Waals surface area contributed by atoms with E-state index in [-0.39, 0.29) is 5.82 Å². The van der Waals surface area contributed by atoms with E-state index in [0.717, 1.165) is 5.56 Å². The number of carboxylic acids is 1. The Morgan fingerprint density at radius 3 is 2.57 bits per heavy atom. The van der Waals surface area contributed by atoms with Crippen LogP contribution in [0.15, 0.2) is 36.5 Å². The average Bonchev–Trinajstić information content (AvgIpc) is 2.68. The predicted octanol–water partition coefficient (Wildman–Crippen LogP) is 1.77. The van der Waals surface area contributed by atoms with E-state index in [9.17, 15) is 4.79 Å². The summed E-state index contributed by atoms with van der Waals surface area (Å²) in [5.41, 5.74) is 1.63. The van der Waals surface area contributed by atoms with Crippen LogP contribution in [-0.2, 0) is 0 Å². The molecule has 0 spiro atoms. The normalized spacial score (nSPS) is 10.0. The largest absolute Gasteiger partial charge is 0.475 e. The van der Waals surface area contributed by atoms with Crippen molar-refractivity contribution in [1.82, 2.24) is 9.97 Å². The van der Waals surface area contributed by atoms with Gasteiger partial charge in [-0.1, -0.05) is 30.3 Å². The van der Waals surface area contributed by atoms with Crippen LogP contribution < -0.4 is 0 Å². The standard InChI is InChI=1S/C10H8N2O2/c13-10(14)9-11-6-8(12-9)7-4-2-1-3-5-7/h1-6H,(H,11,12)(H,13,14). The van der Waals surface area contributed by atoms with E-state index in [2.05, 4.69) is 9.97 Å². The summed E-state index contributed by atoms with van der Waals surface area (Å²) in [5, 5.41) is 8.65. The summed E-state index contributed by atoms with van der Waals surface area (Å²) in [6, 6.07) is 9.45. The fourth-order valence-corrected chi connectivity index (χ4v) is 1.19.